The van der Waals surface area contributed by atoms with E-state index in [1.54, 1.807) is 23.1 Å². The summed E-state index contributed by atoms with van der Waals surface area (Å²) in [5, 5.41) is 6.33. The van der Waals surface area contributed by atoms with Crippen LogP contribution >= 0.6 is 0 Å². The minimum absolute atomic E-state index is 0.0825. The summed E-state index contributed by atoms with van der Waals surface area (Å²) < 4.78 is 85.8. The molecule has 38 heavy (non-hydrogen) atoms. The zero-order chi connectivity index (χ0) is 28.1. The molecular weight excluding hydrogens is 512 g/mol. The van der Waals surface area contributed by atoms with Crippen molar-refractivity contribution in [1.29, 1.82) is 0 Å². The fraction of sp³-hybridized carbons (Fsp3) is 0.519. The first-order chi connectivity index (χ1) is 17.7. The number of allylic oxidation sites excluding steroid dienone is 3. The fourth-order valence-electron chi connectivity index (χ4n) is 4.64. The maximum atomic E-state index is 13.3. The molecule has 1 aromatic rings. The second kappa shape index (κ2) is 11.9. The molecule has 1 aromatic carbocycles. The summed E-state index contributed by atoms with van der Waals surface area (Å²) in [5.74, 6) is 0. The molecule has 2 aliphatic heterocycles. The van der Waals surface area contributed by atoms with Gasteiger partial charge in [0.05, 0.1) is 29.4 Å². The molecule has 11 heteroatoms. The minimum Gasteiger partial charge on any atom is -0.372 e. The van der Waals surface area contributed by atoms with Gasteiger partial charge in [-0.1, -0.05) is 30.9 Å². The zero-order valence-electron chi connectivity index (χ0n) is 21.4. The van der Waals surface area contributed by atoms with Crippen LogP contribution in [0.2, 0.25) is 0 Å². The van der Waals surface area contributed by atoms with Gasteiger partial charge in [-0.2, -0.15) is 26.3 Å². The van der Waals surface area contributed by atoms with Crippen molar-refractivity contribution in [1.82, 2.24) is 15.5 Å². The first-order valence-electron chi connectivity index (χ1n) is 12.5. The van der Waals surface area contributed by atoms with Crippen molar-refractivity contribution in [2.24, 2.45) is 0 Å². The van der Waals surface area contributed by atoms with E-state index in [1.165, 1.54) is 6.92 Å². The van der Waals surface area contributed by atoms with Crippen LogP contribution < -0.4 is 10.6 Å². The standard InChI is InChI=1S/C27H33F6N3O2/c1-4-5-6-9-18(2)25(15-23(16-34-25)35-24(37)36-10-7-8-11-36)17-38-19(3)20-12-21(26(28,29)30)14-22(13-20)27(31,32)33/h4-6,9,12-14,19,23,34H,2,7-8,10-11,15-17H2,1,3H3,(H,35,37)/b5-4-,9-6-/t19-,23+,25-/m1/s1. The van der Waals surface area contributed by atoms with E-state index in [2.05, 4.69) is 17.2 Å². The number of nitrogens with one attached hydrogen (secondary N) is 2. The lowest BCUT2D eigenvalue weighted by atomic mass is 9.88. The van der Waals surface area contributed by atoms with Crippen LogP contribution in [0.3, 0.4) is 0 Å². The van der Waals surface area contributed by atoms with E-state index in [0.29, 0.717) is 43.8 Å². The molecule has 0 spiro atoms. The number of carbonyl (C=O) groups excluding carboxylic acids is 1. The van der Waals surface area contributed by atoms with E-state index in [4.69, 9.17) is 4.74 Å². The van der Waals surface area contributed by atoms with Gasteiger partial charge in [0, 0.05) is 25.7 Å². The average Bonchev–Trinajstić information content (AvgIpc) is 3.52. The van der Waals surface area contributed by atoms with Crippen molar-refractivity contribution in [2.75, 3.05) is 26.2 Å². The first-order valence-corrected chi connectivity index (χ1v) is 12.5. The Morgan fingerprint density at radius 2 is 1.76 bits per heavy atom. The number of urea groups is 1. The van der Waals surface area contributed by atoms with Gasteiger partial charge in [-0.25, -0.2) is 4.79 Å². The highest BCUT2D eigenvalue weighted by Crippen LogP contribution is 2.38. The van der Waals surface area contributed by atoms with E-state index in [0.717, 1.165) is 12.8 Å². The zero-order valence-corrected chi connectivity index (χ0v) is 21.4. The molecule has 2 heterocycles. The molecule has 0 bridgehead atoms. The Kier molecular flexibility index (Phi) is 9.35. The van der Waals surface area contributed by atoms with Crippen molar-refractivity contribution >= 4 is 6.03 Å². The first kappa shape index (κ1) is 29.8. The predicted octanol–water partition coefficient (Wildman–Crippen LogP) is 6.40. The van der Waals surface area contributed by atoms with Gasteiger partial charge in [0.1, 0.15) is 0 Å². The van der Waals surface area contributed by atoms with Gasteiger partial charge in [-0.05, 0) is 62.4 Å². The van der Waals surface area contributed by atoms with Crippen molar-refractivity contribution < 1.29 is 35.9 Å². The van der Waals surface area contributed by atoms with Crippen LogP contribution in [0.25, 0.3) is 0 Å². The van der Waals surface area contributed by atoms with Crippen LogP contribution in [0.15, 0.2) is 54.7 Å². The van der Waals surface area contributed by atoms with E-state index in [1.807, 2.05) is 13.0 Å². The molecule has 2 saturated heterocycles. The van der Waals surface area contributed by atoms with Crippen molar-refractivity contribution in [3.63, 3.8) is 0 Å². The lowest BCUT2D eigenvalue weighted by molar-refractivity contribution is -0.143. The summed E-state index contributed by atoms with van der Waals surface area (Å²) in [6.07, 6.45) is -1.54. The van der Waals surface area contributed by atoms with Crippen LogP contribution in [0.1, 0.15) is 55.9 Å². The molecule has 0 aliphatic carbocycles. The second-order valence-corrected chi connectivity index (χ2v) is 9.71. The highest BCUT2D eigenvalue weighted by Gasteiger charge is 2.42. The number of carbonyl (C=O) groups is 1. The fourth-order valence-corrected chi connectivity index (χ4v) is 4.64. The summed E-state index contributed by atoms with van der Waals surface area (Å²) >= 11 is 0. The van der Waals surface area contributed by atoms with Crippen LogP contribution in [-0.4, -0.2) is 48.8 Å². The van der Waals surface area contributed by atoms with Crippen molar-refractivity contribution in [3.05, 3.63) is 71.3 Å². The van der Waals surface area contributed by atoms with Gasteiger partial charge in [0.2, 0.25) is 0 Å². The number of ether oxygens (including phenoxy) is 1. The number of rotatable bonds is 8. The van der Waals surface area contributed by atoms with E-state index in [9.17, 15) is 31.1 Å². The normalized spacial score (nSPS) is 23.5. The summed E-state index contributed by atoms with van der Waals surface area (Å²) in [7, 11) is 0. The molecule has 5 nitrogen and oxygen atoms in total. The van der Waals surface area contributed by atoms with E-state index in [-0.39, 0.29) is 30.3 Å². The molecule has 2 amide bonds. The maximum Gasteiger partial charge on any atom is 0.416 e. The number of hydrogen-bond donors (Lipinski definition) is 2. The molecule has 210 valence electrons. The van der Waals surface area contributed by atoms with E-state index >= 15 is 0 Å². The van der Waals surface area contributed by atoms with Crippen molar-refractivity contribution in [2.45, 2.75) is 63.1 Å². The third-order valence-corrected chi connectivity index (χ3v) is 6.88. The van der Waals surface area contributed by atoms with E-state index < -0.39 is 35.1 Å². The van der Waals surface area contributed by atoms with Crippen LogP contribution in [0.4, 0.5) is 31.1 Å². The maximum absolute atomic E-state index is 13.3. The average molecular weight is 546 g/mol. The van der Waals surface area contributed by atoms with Gasteiger partial charge in [-0.15, -0.1) is 0 Å². The monoisotopic (exact) mass is 545 g/mol. The van der Waals surface area contributed by atoms with Crippen LogP contribution in [-0.2, 0) is 17.1 Å². The summed E-state index contributed by atoms with van der Waals surface area (Å²) in [4.78, 5) is 14.3. The number of alkyl halides is 6. The number of benzene rings is 1. The molecule has 0 saturated carbocycles. The van der Waals surface area contributed by atoms with Gasteiger partial charge < -0.3 is 20.3 Å². The Balaban J connectivity index is 1.80. The third-order valence-electron chi connectivity index (χ3n) is 6.88. The Hall–Kier alpha value is -2.79. The second-order valence-electron chi connectivity index (χ2n) is 9.71. The molecule has 2 N–H and O–H groups in total. The quantitative estimate of drug-likeness (QED) is 0.294. The Bertz CT molecular complexity index is 1030. The Labute approximate surface area is 218 Å². The molecule has 3 rings (SSSR count). The smallest absolute Gasteiger partial charge is 0.372 e. The molecular formula is C27H33F6N3O2. The molecule has 2 fully saturated rings. The lowest BCUT2D eigenvalue weighted by Crippen LogP contribution is -2.46. The summed E-state index contributed by atoms with van der Waals surface area (Å²) in [6, 6.07) is 1.01. The molecule has 2 aliphatic rings. The van der Waals surface area contributed by atoms with Gasteiger partial charge >= 0.3 is 18.4 Å². The number of amides is 2. The van der Waals surface area contributed by atoms with Crippen LogP contribution in [0, 0.1) is 0 Å². The van der Waals surface area contributed by atoms with Gasteiger partial charge in [0.25, 0.3) is 0 Å². The summed E-state index contributed by atoms with van der Waals surface area (Å²) in [6.45, 7) is 9.07. The highest BCUT2D eigenvalue weighted by molar-refractivity contribution is 5.75. The lowest BCUT2D eigenvalue weighted by Gasteiger charge is -2.32. The minimum atomic E-state index is -4.95. The molecule has 0 radical (unpaired) electrons. The summed E-state index contributed by atoms with van der Waals surface area (Å²) in [5.41, 5.74) is -3.30. The number of likely N-dealkylation sites (tertiary alicyclic amines) is 1. The number of nitrogens with zero attached hydrogens (tertiary/aromatic N) is 1. The van der Waals surface area contributed by atoms with Gasteiger partial charge in [-0.3, -0.25) is 0 Å². The Morgan fingerprint density at radius 3 is 2.32 bits per heavy atom. The van der Waals surface area contributed by atoms with Gasteiger partial charge in [0.15, 0.2) is 0 Å². The van der Waals surface area contributed by atoms with Crippen molar-refractivity contribution in [3.8, 4) is 0 Å². The van der Waals surface area contributed by atoms with Crippen LogP contribution in [0.5, 0.6) is 0 Å². The molecule has 3 atom stereocenters. The number of hydrogen-bond acceptors (Lipinski definition) is 3. The molecule has 0 aromatic heterocycles. The number of halogens is 6. The largest absolute Gasteiger partial charge is 0.416 e. The topological polar surface area (TPSA) is 53.6 Å². The Morgan fingerprint density at radius 1 is 1.16 bits per heavy atom. The molecule has 0 unspecified atom stereocenters. The third kappa shape index (κ3) is 7.41. The predicted molar refractivity (Wildman–Crippen MR) is 132 cm³/mol. The highest BCUT2D eigenvalue weighted by atomic mass is 19.4. The SMILES string of the molecule is C=C(/C=C\C=C/C)[C@]1(CO[C@H](C)c2cc(C(F)(F)F)cc(C(F)(F)F)c2)C[C@H](NC(=O)N2CCCC2)CN1.